The number of hydrogen-bond donors (Lipinski definition) is 0. The van der Waals surface area contributed by atoms with Gasteiger partial charge in [-0.15, -0.1) is 6.07 Å². The van der Waals surface area contributed by atoms with Crippen LogP contribution in [0.3, 0.4) is 0 Å². The normalized spacial score (nSPS) is 8.38. The third-order valence-corrected chi connectivity index (χ3v) is 1.87. The van der Waals surface area contributed by atoms with Gasteiger partial charge in [-0.2, -0.15) is 36.4 Å². The molecule has 0 spiro atoms. The molecule has 0 bridgehead atoms. The van der Waals surface area contributed by atoms with Crippen LogP contribution in [0.1, 0.15) is 10.4 Å². The Morgan fingerprint density at radius 3 is 2.06 bits per heavy atom. The quantitative estimate of drug-likeness (QED) is 0.567. The zero-order valence-corrected chi connectivity index (χ0v) is 10.5. The topological polar surface area (TPSA) is 20.3 Å². The summed E-state index contributed by atoms with van der Waals surface area (Å²) >= 11 is 0. The zero-order valence-electron chi connectivity index (χ0n) is 9.41. The molecule has 3 heteroatoms. The maximum atomic E-state index is 11.1. The monoisotopic (exact) mass is 257 g/mol. The van der Waals surface area contributed by atoms with Gasteiger partial charge in [-0.1, -0.05) is 5.56 Å². The Balaban J connectivity index is 0.000000318. The van der Waals surface area contributed by atoms with Gasteiger partial charge in [-0.25, -0.2) is 12.1 Å². The van der Waals surface area contributed by atoms with Crippen molar-refractivity contribution in [3.05, 3.63) is 60.2 Å². The first kappa shape index (κ1) is 14.7. The molecular formula is C13H15FeNO-2. The Morgan fingerprint density at radius 1 is 1.12 bits per heavy atom. The molecule has 0 aliphatic rings. The van der Waals surface area contributed by atoms with Gasteiger partial charge in [0.15, 0.2) is 5.91 Å². The molecule has 2 rings (SSSR count). The van der Waals surface area contributed by atoms with E-state index >= 15 is 0 Å². The summed E-state index contributed by atoms with van der Waals surface area (Å²) in [4.78, 5) is 12.7. The number of nitrogens with zero attached hydrogens (tertiary/aromatic N) is 1. The van der Waals surface area contributed by atoms with Gasteiger partial charge in [-0.05, 0) is 14.1 Å². The van der Waals surface area contributed by atoms with Crippen LogP contribution in [0.4, 0.5) is 0 Å². The van der Waals surface area contributed by atoms with Gasteiger partial charge in [0.25, 0.3) is 0 Å². The Labute approximate surface area is 107 Å². The van der Waals surface area contributed by atoms with E-state index in [4.69, 9.17) is 0 Å². The Bertz CT molecular complexity index is 345. The molecule has 0 aromatic heterocycles. The predicted octanol–water partition coefficient (Wildman–Crippen LogP) is 2.51. The van der Waals surface area contributed by atoms with Crippen LogP contribution >= 0.6 is 0 Å². The number of amides is 1. The molecule has 0 N–H and O–H groups in total. The van der Waals surface area contributed by atoms with Crippen molar-refractivity contribution in [3.63, 3.8) is 0 Å². The van der Waals surface area contributed by atoms with Crippen LogP contribution in [0, 0.1) is 0 Å². The summed E-state index contributed by atoms with van der Waals surface area (Å²) in [6.07, 6.45) is 0. The summed E-state index contributed by atoms with van der Waals surface area (Å²) in [6, 6.07) is 17.3. The van der Waals surface area contributed by atoms with Crippen LogP contribution in [0.5, 0.6) is 0 Å². The third kappa shape index (κ3) is 4.96. The van der Waals surface area contributed by atoms with Gasteiger partial charge >= 0.3 is 0 Å². The molecule has 2 aromatic rings. The summed E-state index contributed by atoms with van der Waals surface area (Å²) in [6.45, 7) is 0. The third-order valence-electron chi connectivity index (χ3n) is 1.87. The molecule has 0 heterocycles. The second-order valence-electron chi connectivity index (χ2n) is 3.34. The number of carbonyl (C=O) groups excluding carboxylic acids is 1. The van der Waals surface area contributed by atoms with Crippen molar-refractivity contribution in [2.24, 2.45) is 0 Å². The summed E-state index contributed by atoms with van der Waals surface area (Å²) < 4.78 is 0. The first-order valence-corrected chi connectivity index (χ1v) is 4.82. The van der Waals surface area contributed by atoms with Crippen molar-refractivity contribution in [2.75, 3.05) is 14.1 Å². The Morgan fingerprint density at radius 2 is 1.75 bits per heavy atom. The molecule has 2 nitrogen and oxygen atoms in total. The Hall–Kier alpha value is -1.31. The number of carbonyl (C=O) groups is 1. The van der Waals surface area contributed by atoms with Crippen molar-refractivity contribution < 1.29 is 21.9 Å². The molecule has 0 aliphatic carbocycles. The van der Waals surface area contributed by atoms with Crippen LogP contribution < -0.4 is 0 Å². The molecule has 0 saturated carbocycles. The maximum absolute atomic E-state index is 11.1. The molecule has 0 radical (unpaired) electrons. The van der Waals surface area contributed by atoms with Gasteiger partial charge in [0.2, 0.25) is 0 Å². The molecule has 0 unspecified atom stereocenters. The van der Waals surface area contributed by atoms with Crippen LogP contribution in [0.25, 0.3) is 0 Å². The minimum atomic E-state index is 0. The van der Waals surface area contributed by atoms with E-state index in [1.807, 2.05) is 54.6 Å². The zero-order chi connectivity index (χ0) is 11.1. The van der Waals surface area contributed by atoms with Crippen LogP contribution in [0.15, 0.2) is 54.6 Å². The van der Waals surface area contributed by atoms with Gasteiger partial charge in [0.05, 0.1) is 0 Å². The van der Waals surface area contributed by atoms with Gasteiger partial charge in [-0.3, -0.25) is 0 Å². The largest absolute Gasteiger partial charge is 0.384 e. The van der Waals surface area contributed by atoms with Gasteiger partial charge in [0, 0.05) is 17.1 Å². The number of rotatable bonds is 1. The smallest absolute Gasteiger partial charge is 0.166 e. The fourth-order valence-corrected chi connectivity index (χ4v) is 1.10. The van der Waals surface area contributed by atoms with E-state index in [9.17, 15) is 4.79 Å². The average molecular weight is 257 g/mol. The molecular weight excluding hydrogens is 242 g/mol. The van der Waals surface area contributed by atoms with E-state index in [1.54, 1.807) is 19.0 Å². The van der Waals surface area contributed by atoms with Crippen LogP contribution in [-0.2, 0) is 17.1 Å². The first-order chi connectivity index (χ1) is 7.22. The van der Waals surface area contributed by atoms with Crippen molar-refractivity contribution in [2.45, 2.75) is 0 Å². The molecule has 2 aromatic carbocycles. The van der Waals surface area contributed by atoms with E-state index in [2.05, 4.69) is 0 Å². The molecule has 0 fully saturated rings. The van der Waals surface area contributed by atoms with E-state index in [0.717, 1.165) is 5.56 Å². The van der Waals surface area contributed by atoms with E-state index in [1.165, 1.54) is 0 Å². The second kappa shape index (κ2) is 7.91. The SMILES string of the molecule is CN(C)C(=O)c1ccc[cH-]1.[Fe].c1cc[cH-]c1. The van der Waals surface area contributed by atoms with Crippen molar-refractivity contribution in [3.8, 4) is 0 Å². The maximum Gasteiger partial charge on any atom is 0.166 e. The summed E-state index contributed by atoms with van der Waals surface area (Å²) in [5.41, 5.74) is 0.755. The molecule has 0 aliphatic heterocycles. The van der Waals surface area contributed by atoms with E-state index in [-0.39, 0.29) is 23.0 Å². The summed E-state index contributed by atoms with van der Waals surface area (Å²) in [7, 11) is 3.49. The molecule has 16 heavy (non-hydrogen) atoms. The predicted molar refractivity (Wildman–Crippen MR) is 62.1 cm³/mol. The fraction of sp³-hybridized carbons (Fsp3) is 0.154. The first-order valence-electron chi connectivity index (χ1n) is 4.82. The molecule has 88 valence electrons. The van der Waals surface area contributed by atoms with Crippen LogP contribution in [0.2, 0.25) is 0 Å². The average Bonchev–Trinajstić information content (AvgIpc) is 2.92. The minimum absolute atomic E-state index is 0. The standard InChI is InChI=1S/C8H10NO.C5H5.Fe/c1-9(2)8(10)7-5-3-4-6-7;1-2-4-5-3-1;/h3-6H,1-2H3;1-5H;/q2*-1;. The van der Waals surface area contributed by atoms with Crippen molar-refractivity contribution >= 4 is 5.91 Å². The van der Waals surface area contributed by atoms with Gasteiger partial charge < -0.3 is 9.69 Å². The number of hydrogen-bond acceptors (Lipinski definition) is 1. The van der Waals surface area contributed by atoms with Crippen molar-refractivity contribution in [1.29, 1.82) is 0 Å². The summed E-state index contributed by atoms with van der Waals surface area (Å²) in [5, 5.41) is 0. The molecule has 1 amide bonds. The van der Waals surface area contributed by atoms with Crippen molar-refractivity contribution in [1.82, 2.24) is 4.90 Å². The van der Waals surface area contributed by atoms with Crippen LogP contribution in [-0.4, -0.2) is 24.9 Å². The Kier molecular flexibility index (Phi) is 7.27. The summed E-state index contributed by atoms with van der Waals surface area (Å²) in [5.74, 6) is 0.0602. The van der Waals surface area contributed by atoms with Gasteiger partial charge in [0.1, 0.15) is 0 Å². The van der Waals surface area contributed by atoms with E-state index < -0.39 is 0 Å². The van der Waals surface area contributed by atoms with E-state index in [0.29, 0.717) is 0 Å². The second-order valence-corrected chi connectivity index (χ2v) is 3.34. The fourth-order valence-electron chi connectivity index (χ4n) is 1.10. The molecule has 0 atom stereocenters. The minimum Gasteiger partial charge on any atom is -0.384 e. The molecule has 0 saturated heterocycles.